The Hall–Kier alpha value is -3.55. The number of para-hydroxylation sites is 1. The van der Waals surface area contributed by atoms with E-state index >= 15 is 0 Å². The van der Waals surface area contributed by atoms with E-state index in [1.807, 2.05) is 42.5 Å². The van der Waals surface area contributed by atoms with Crippen LogP contribution in [0.5, 0.6) is 5.75 Å². The number of amides is 3. The van der Waals surface area contributed by atoms with Crippen LogP contribution in [-0.2, 0) is 14.3 Å². The number of nitrogens with zero attached hydrogens (tertiary/aromatic N) is 2. The number of carbonyl (C=O) groups excluding carboxylic acids is 3. The molecule has 1 aliphatic rings. The molecule has 0 unspecified atom stereocenters. The normalized spacial score (nSPS) is 13.6. The molecule has 2 aromatic carbocycles. The van der Waals surface area contributed by atoms with Gasteiger partial charge in [0.25, 0.3) is 5.91 Å². The van der Waals surface area contributed by atoms with Gasteiger partial charge in [-0.25, -0.2) is 9.59 Å². The maximum Gasteiger partial charge on any atom is 0.344 e. The third-order valence-corrected chi connectivity index (χ3v) is 5.20. The molecule has 1 N–H and O–H groups in total. The molecule has 0 spiro atoms. The van der Waals surface area contributed by atoms with Gasteiger partial charge in [0.1, 0.15) is 5.75 Å². The molecule has 0 aromatic heterocycles. The maximum absolute atomic E-state index is 12.3. The fourth-order valence-corrected chi connectivity index (χ4v) is 3.25. The quantitative estimate of drug-likeness (QED) is 0.670. The van der Waals surface area contributed by atoms with Crippen LogP contribution in [0.2, 0.25) is 0 Å². The molecular weight excluding hydrogens is 410 g/mol. The first-order valence-electron chi connectivity index (χ1n) is 10.7. The minimum absolute atomic E-state index is 0.201. The molecule has 1 fully saturated rings. The van der Waals surface area contributed by atoms with Crippen molar-refractivity contribution in [1.82, 2.24) is 9.80 Å². The number of rotatable bonds is 7. The topological polar surface area (TPSA) is 88.2 Å². The summed E-state index contributed by atoms with van der Waals surface area (Å²) in [7, 11) is 0. The first kappa shape index (κ1) is 23.1. The Morgan fingerprint density at radius 3 is 2.12 bits per heavy atom. The molecule has 8 heteroatoms. The Morgan fingerprint density at radius 2 is 1.50 bits per heavy atom. The number of anilines is 1. The second kappa shape index (κ2) is 11.2. The predicted molar refractivity (Wildman–Crippen MR) is 121 cm³/mol. The first-order chi connectivity index (χ1) is 15.4. The average molecular weight is 440 g/mol. The molecule has 0 saturated carbocycles. The Morgan fingerprint density at radius 1 is 0.875 bits per heavy atom. The van der Waals surface area contributed by atoms with Gasteiger partial charge < -0.3 is 24.6 Å². The molecule has 1 saturated heterocycles. The van der Waals surface area contributed by atoms with Crippen molar-refractivity contribution < 1.29 is 23.9 Å². The Labute approximate surface area is 188 Å². The van der Waals surface area contributed by atoms with Crippen LogP contribution in [0, 0.1) is 0 Å². The standard InChI is InChI=1S/C24H29N3O5/c1-18(2)19-8-10-21(11-9-19)31-17-23(29)32-16-22(28)26-12-14-27(15-13-26)24(30)25-20-6-4-3-5-7-20/h3-11,18H,12-17H2,1-2H3,(H,25,30). The second-order valence-corrected chi connectivity index (χ2v) is 7.84. The zero-order chi connectivity index (χ0) is 22.9. The number of piperazine rings is 1. The molecule has 32 heavy (non-hydrogen) atoms. The summed E-state index contributed by atoms with van der Waals surface area (Å²) >= 11 is 0. The number of benzene rings is 2. The van der Waals surface area contributed by atoms with Crippen LogP contribution < -0.4 is 10.1 Å². The Bertz CT molecular complexity index is 907. The largest absolute Gasteiger partial charge is 0.482 e. The molecule has 0 bridgehead atoms. The summed E-state index contributed by atoms with van der Waals surface area (Å²) in [5.74, 6) is 0.0950. The minimum Gasteiger partial charge on any atom is -0.482 e. The molecule has 3 rings (SSSR count). The predicted octanol–water partition coefficient (Wildman–Crippen LogP) is 3.11. The van der Waals surface area contributed by atoms with Crippen LogP contribution in [0.4, 0.5) is 10.5 Å². The summed E-state index contributed by atoms with van der Waals surface area (Å²) in [4.78, 5) is 39.8. The molecule has 2 aromatic rings. The molecule has 0 atom stereocenters. The molecule has 3 amide bonds. The smallest absolute Gasteiger partial charge is 0.344 e. The molecule has 0 radical (unpaired) electrons. The lowest BCUT2D eigenvalue weighted by Crippen LogP contribution is -2.52. The van der Waals surface area contributed by atoms with Gasteiger partial charge in [-0.2, -0.15) is 0 Å². The summed E-state index contributed by atoms with van der Waals surface area (Å²) in [6, 6.07) is 16.5. The summed E-state index contributed by atoms with van der Waals surface area (Å²) in [6.07, 6.45) is 0. The van der Waals surface area contributed by atoms with Crippen LogP contribution >= 0.6 is 0 Å². The fraction of sp³-hybridized carbons (Fsp3) is 0.375. The van der Waals surface area contributed by atoms with E-state index in [9.17, 15) is 14.4 Å². The highest BCUT2D eigenvalue weighted by Gasteiger charge is 2.24. The molecule has 1 heterocycles. The number of esters is 1. The van der Waals surface area contributed by atoms with Gasteiger partial charge in [-0.05, 0) is 35.7 Å². The molecule has 8 nitrogen and oxygen atoms in total. The van der Waals surface area contributed by atoms with Crippen molar-refractivity contribution in [1.29, 1.82) is 0 Å². The first-order valence-corrected chi connectivity index (χ1v) is 10.7. The van der Waals surface area contributed by atoms with Crippen molar-refractivity contribution in [2.75, 3.05) is 44.7 Å². The summed E-state index contributed by atoms with van der Waals surface area (Å²) in [6.45, 7) is 5.19. The monoisotopic (exact) mass is 439 g/mol. The van der Waals surface area contributed by atoms with Gasteiger partial charge in [0.2, 0.25) is 0 Å². The highest BCUT2D eigenvalue weighted by molar-refractivity contribution is 5.89. The fourth-order valence-electron chi connectivity index (χ4n) is 3.25. The van der Waals surface area contributed by atoms with E-state index in [0.717, 1.165) is 5.69 Å². The Kier molecular flexibility index (Phi) is 8.08. The molecular formula is C24H29N3O5. The lowest BCUT2D eigenvalue weighted by atomic mass is 10.0. The van der Waals surface area contributed by atoms with E-state index in [1.54, 1.807) is 21.9 Å². The molecule has 1 aliphatic heterocycles. The maximum atomic E-state index is 12.3. The third kappa shape index (κ3) is 6.73. The van der Waals surface area contributed by atoms with Gasteiger partial charge in [-0.1, -0.05) is 44.2 Å². The van der Waals surface area contributed by atoms with Crippen molar-refractivity contribution in [2.24, 2.45) is 0 Å². The van der Waals surface area contributed by atoms with Crippen molar-refractivity contribution in [3.63, 3.8) is 0 Å². The van der Waals surface area contributed by atoms with Crippen molar-refractivity contribution in [3.8, 4) is 5.75 Å². The van der Waals surface area contributed by atoms with Crippen LogP contribution in [-0.4, -0.2) is 67.1 Å². The summed E-state index contributed by atoms with van der Waals surface area (Å²) in [5, 5.41) is 2.83. The van der Waals surface area contributed by atoms with E-state index < -0.39 is 5.97 Å². The van der Waals surface area contributed by atoms with Gasteiger partial charge >= 0.3 is 12.0 Å². The Balaban J connectivity index is 1.34. The lowest BCUT2D eigenvalue weighted by molar-refractivity contribution is -0.154. The van der Waals surface area contributed by atoms with Crippen molar-refractivity contribution in [3.05, 3.63) is 60.2 Å². The van der Waals surface area contributed by atoms with E-state index in [-0.39, 0.29) is 25.2 Å². The zero-order valence-electron chi connectivity index (χ0n) is 18.5. The van der Waals surface area contributed by atoms with Gasteiger partial charge in [0, 0.05) is 31.9 Å². The lowest BCUT2D eigenvalue weighted by Gasteiger charge is -2.34. The van der Waals surface area contributed by atoms with Crippen LogP contribution in [0.15, 0.2) is 54.6 Å². The second-order valence-electron chi connectivity index (χ2n) is 7.84. The molecule has 170 valence electrons. The van der Waals surface area contributed by atoms with Gasteiger partial charge in [0.05, 0.1) is 0 Å². The number of hydrogen-bond acceptors (Lipinski definition) is 5. The number of hydrogen-bond donors (Lipinski definition) is 1. The van der Waals surface area contributed by atoms with Gasteiger partial charge in [-0.15, -0.1) is 0 Å². The van der Waals surface area contributed by atoms with Crippen LogP contribution in [0.3, 0.4) is 0 Å². The number of carbonyl (C=O) groups is 3. The zero-order valence-corrected chi connectivity index (χ0v) is 18.5. The number of urea groups is 1. The highest BCUT2D eigenvalue weighted by Crippen LogP contribution is 2.18. The number of ether oxygens (including phenoxy) is 2. The van der Waals surface area contributed by atoms with Gasteiger partial charge in [-0.3, -0.25) is 4.79 Å². The van der Waals surface area contributed by atoms with Gasteiger partial charge in [0.15, 0.2) is 13.2 Å². The summed E-state index contributed by atoms with van der Waals surface area (Å²) in [5.41, 5.74) is 1.91. The van der Waals surface area contributed by atoms with E-state index in [4.69, 9.17) is 9.47 Å². The van der Waals surface area contributed by atoms with E-state index in [2.05, 4.69) is 19.2 Å². The highest BCUT2D eigenvalue weighted by atomic mass is 16.6. The molecule has 0 aliphatic carbocycles. The number of nitrogens with one attached hydrogen (secondary N) is 1. The summed E-state index contributed by atoms with van der Waals surface area (Å²) < 4.78 is 10.5. The van der Waals surface area contributed by atoms with Crippen LogP contribution in [0.1, 0.15) is 25.3 Å². The SMILES string of the molecule is CC(C)c1ccc(OCC(=O)OCC(=O)N2CCN(C(=O)Nc3ccccc3)CC2)cc1. The average Bonchev–Trinajstić information content (AvgIpc) is 2.82. The van der Waals surface area contributed by atoms with Crippen molar-refractivity contribution >= 4 is 23.6 Å². The minimum atomic E-state index is -0.604. The van der Waals surface area contributed by atoms with E-state index in [1.165, 1.54) is 5.56 Å². The van der Waals surface area contributed by atoms with Crippen LogP contribution in [0.25, 0.3) is 0 Å². The van der Waals surface area contributed by atoms with Crippen molar-refractivity contribution in [2.45, 2.75) is 19.8 Å². The third-order valence-electron chi connectivity index (χ3n) is 5.20. The van der Waals surface area contributed by atoms with E-state index in [0.29, 0.717) is 37.8 Å².